The zero-order valence-electron chi connectivity index (χ0n) is 17.3. The maximum absolute atomic E-state index is 12.8. The standard InChI is InChI=1S/C23H31N5O/c1-17-7-9-28(16-17)23(29)21-14-18(15-25-21)26-10-12-27(13-11-26)22-6-8-24-20-5-3-2-4-19(20)22/h2-6,8,17-18,21,25H,7,9-16H2,1H3/t17?,18-,21-/m0/s1. The molecule has 6 nitrogen and oxygen atoms in total. The smallest absolute Gasteiger partial charge is 0.239 e. The molecule has 2 aromatic rings. The van der Waals surface area contributed by atoms with Crippen molar-refractivity contribution in [2.45, 2.75) is 31.8 Å². The summed E-state index contributed by atoms with van der Waals surface area (Å²) < 4.78 is 0. The van der Waals surface area contributed by atoms with Gasteiger partial charge in [0.05, 0.1) is 11.6 Å². The molecule has 5 rings (SSSR count). The predicted molar refractivity (Wildman–Crippen MR) is 116 cm³/mol. The number of nitrogens with zero attached hydrogens (tertiary/aromatic N) is 4. The van der Waals surface area contributed by atoms with Crippen LogP contribution in [0, 0.1) is 5.92 Å². The summed E-state index contributed by atoms with van der Waals surface area (Å²) in [5, 5.41) is 4.74. The van der Waals surface area contributed by atoms with Crippen LogP contribution in [0.3, 0.4) is 0 Å². The lowest BCUT2D eigenvalue weighted by Gasteiger charge is -2.39. The first-order chi connectivity index (χ1) is 14.2. The lowest BCUT2D eigenvalue weighted by Crippen LogP contribution is -2.51. The first kappa shape index (κ1) is 18.8. The van der Waals surface area contributed by atoms with E-state index in [9.17, 15) is 4.79 Å². The van der Waals surface area contributed by atoms with Gasteiger partial charge in [-0.2, -0.15) is 0 Å². The number of fused-ring (bicyclic) bond motifs is 1. The van der Waals surface area contributed by atoms with Crippen LogP contribution in [0.15, 0.2) is 36.5 Å². The van der Waals surface area contributed by atoms with E-state index < -0.39 is 0 Å². The SMILES string of the molecule is CC1CCN(C(=O)[C@@H]2C[C@H](N3CCN(c4ccnc5ccccc45)CC3)CN2)C1. The first-order valence-corrected chi connectivity index (χ1v) is 11.0. The van der Waals surface area contributed by atoms with Crippen LogP contribution in [0.2, 0.25) is 0 Å². The number of pyridine rings is 1. The Morgan fingerprint density at radius 3 is 2.72 bits per heavy atom. The molecule has 3 aliphatic heterocycles. The topological polar surface area (TPSA) is 51.7 Å². The molecule has 0 aliphatic carbocycles. The minimum Gasteiger partial charge on any atom is -0.368 e. The van der Waals surface area contributed by atoms with Gasteiger partial charge in [0.1, 0.15) is 0 Å². The summed E-state index contributed by atoms with van der Waals surface area (Å²) in [6.45, 7) is 9.16. The van der Waals surface area contributed by atoms with Crippen LogP contribution in [0.1, 0.15) is 19.8 Å². The average molecular weight is 394 g/mol. The Labute approximate surface area is 172 Å². The molecular formula is C23H31N5O. The molecule has 154 valence electrons. The van der Waals surface area contributed by atoms with Crippen molar-refractivity contribution in [3.8, 4) is 0 Å². The molecule has 3 aliphatic rings. The fourth-order valence-electron chi connectivity index (χ4n) is 5.22. The summed E-state index contributed by atoms with van der Waals surface area (Å²) in [7, 11) is 0. The second kappa shape index (κ2) is 7.92. The lowest BCUT2D eigenvalue weighted by atomic mass is 10.1. The van der Waals surface area contributed by atoms with Crippen molar-refractivity contribution in [2.24, 2.45) is 5.92 Å². The maximum atomic E-state index is 12.8. The molecule has 6 heteroatoms. The highest BCUT2D eigenvalue weighted by atomic mass is 16.2. The number of anilines is 1. The van der Waals surface area contributed by atoms with Gasteiger partial charge in [0, 0.05) is 69.1 Å². The highest BCUT2D eigenvalue weighted by Crippen LogP contribution is 2.27. The number of para-hydroxylation sites is 1. The average Bonchev–Trinajstić information content (AvgIpc) is 3.43. The monoisotopic (exact) mass is 393 g/mol. The van der Waals surface area contributed by atoms with Gasteiger partial charge >= 0.3 is 0 Å². The van der Waals surface area contributed by atoms with E-state index in [2.05, 4.69) is 56.2 Å². The summed E-state index contributed by atoms with van der Waals surface area (Å²) in [6.07, 6.45) is 4.01. The number of likely N-dealkylation sites (tertiary alicyclic amines) is 1. The minimum atomic E-state index is 0.00692. The van der Waals surface area contributed by atoms with E-state index in [1.54, 1.807) is 0 Å². The third-order valence-electron chi connectivity index (χ3n) is 6.94. The Morgan fingerprint density at radius 1 is 1.10 bits per heavy atom. The van der Waals surface area contributed by atoms with Crippen molar-refractivity contribution in [2.75, 3.05) is 50.7 Å². The molecule has 0 saturated carbocycles. The fraction of sp³-hybridized carbons (Fsp3) is 0.565. The Balaban J connectivity index is 1.19. The Bertz CT molecular complexity index is 873. The van der Waals surface area contributed by atoms with Crippen molar-refractivity contribution >= 4 is 22.5 Å². The summed E-state index contributed by atoms with van der Waals surface area (Å²) in [6, 6.07) is 11.0. The van der Waals surface area contributed by atoms with Gasteiger partial charge in [0.15, 0.2) is 0 Å². The van der Waals surface area contributed by atoms with Gasteiger partial charge in [-0.1, -0.05) is 25.1 Å². The molecule has 29 heavy (non-hydrogen) atoms. The summed E-state index contributed by atoms with van der Waals surface area (Å²) in [4.78, 5) is 24.4. The van der Waals surface area contributed by atoms with Gasteiger partial charge in [-0.15, -0.1) is 0 Å². The Hall–Kier alpha value is -2.18. The second-order valence-corrected chi connectivity index (χ2v) is 8.90. The molecule has 4 heterocycles. The van der Waals surface area contributed by atoms with Crippen molar-refractivity contribution in [3.05, 3.63) is 36.5 Å². The van der Waals surface area contributed by atoms with Crippen molar-refractivity contribution in [1.82, 2.24) is 20.1 Å². The zero-order valence-corrected chi connectivity index (χ0v) is 17.3. The molecular weight excluding hydrogens is 362 g/mol. The molecule has 1 aromatic heterocycles. The highest BCUT2D eigenvalue weighted by molar-refractivity contribution is 5.91. The number of carbonyl (C=O) groups excluding carboxylic acids is 1. The van der Waals surface area contributed by atoms with E-state index in [4.69, 9.17) is 0 Å². The van der Waals surface area contributed by atoms with Crippen molar-refractivity contribution < 1.29 is 4.79 Å². The molecule has 1 N–H and O–H groups in total. The molecule has 1 aromatic carbocycles. The fourth-order valence-corrected chi connectivity index (χ4v) is 5.22. The molecule has 0 spiro atoms. The van der Waals surface area contributed by atoms with Crippen LogP contribution in [-0.2, 0) is 4.79 Å². The number of aromatic nitrogens is 1. The van der Waals surface area contributed by atoms with Crippen molar-refractivity contribution in [1.29, 1.82) is 0 Å². The van der Waals surface area contributed by atoms with Gasteiger partial charge in [0.2, 0.25) is 5.91 Å². The lowest BCUT2D eigenvalue weighted by molar-refractivity contribution is -0.132. The maximum Gasteiger partial charge on any atom is 0.239 e. The van der Waals surface area contributed by atoms with Gasteiger partial charge in [-0.3, -0.25) is 14.7 Å². The zero-order chi connectivity index (χ0) is 19.8. The Kier molecular flexibility index (Phi) is 5.14. The van der Waals surface area contributed by atoms with Gasteiger partial charge in [-0.25, -0.2) is 0 Å². The minimum absolute atomic E-state index is 0.00692. The van der Waals surface area contributed by atoms with Crippen molar-refractivity contribution in [3.63, 3.8) is 0 Å². The molecule has 1 unspecified atom stereocenters. The van der Waals surface area contributed by atoms with E-state index in [1.807, 2.05) is 12.3 Å². The van der Waals surface area contributed by atoms with E-state index in [0.29, 0.717) is 17.9 Å². The van der Waals surface area contributed by atoms with Crippen LogP contribution >= 0.6 is 0 Å². The normalized spacial score (nSPS) is 28.4. The highest BCUT2D eigenvalue weighted by Gasteiger charge is 2.37. The number of rotatable bonds is 3. The number of piperazine rings is 1. The number of carbonyl (C=O) groups is 1. The Morgan fingerprint density at radius 2 is 1.93 bits per heavy atom. The molecule has 3 saturated heterocycles. The summed E-state index contributed by atoms with van der Waals surface area (Å²) in [5.74, 6) is 0.965. The number of hydrogen-bond acceptors (Lipinski definition) is 5. The molecule has 3 atom stereocenters. The number of amides is 1. The van der Waals surface area contributed by atoms with Gasteiger partial charge in [0.25, 0.3) is 0 Å². The van der Waals surface area contributed by atoms with E-state index in [0.717, 1.165) is 64.2 Å². The van der Waals surface area contributed by atoms with Crippen LogP contribution in [0.5, 0.6) is 0 Å². The number of benzene rings is 1. The third kappa shape index (κ3) is 3.71. The van der Waals surface area contributed by atoms with E-state index in [-0.39, 0.29) is 6.04 Å². The molecule has 1 amide bonds. The second-order valence-electron chi connectivity index (χ2n) is 8.90. The summed E-state index contributed by atoms with van der Waals surface area (Å²) >= 11 is 0. The van der Waals surface area contributed by atoms with E-state index >= 15 is 0 Å². The van der Waals surface area contributed by atoms with Crippen LogP contribution < -0.4 is 10.2 Å². The van der Waals surface area contributed by atoms with Crippen LogP contribution in [0.4, 0.5) is 5.69 Å². The summed E-state index contributed by atoms with van der Waals surface area (Å²) in [5.41, 5.74) is 2.35. The third-order valence-corrected chi connectivity index (χ3v) is 6.94. The van der Waals surface area contributed by atoms with Gasteiger partial charge < -0.3 is 15.1 Å². The number of nitrogens with one attached hydrogen (secondary N) is 1. The quantitative estimate of drug-likeness (QED) is 0.864. The van der Waals surface area contributed by atoms with Crippen LogP contribution in [0.25, 0.3) is 10.9 Å². The van der Waals surface area contributed by atoms with E-state index in [1.165, 1.54) is 11.1 Å². The van der Waals surface area contributed by atoms with Crippen LogP contribution in [-0.4, -0.2) is 78.6 Å². The molecule has 3 fully saturated rings. The largest absolute Gasteiger partial charge is 0.368 e. The first-order valence-electron chi connectivity index (χ1n) is 11.0. The number of hydrogen-bond donors (Lipinski definition) is 1. The van der Waals surface area contributed by atoms with Gasteiger partial charge in [-0.05, 0) is 30.9 Å². The molecule has 0 radical (unpaired) electrons. The predicted octanol–water partition coefficient (Wildman–Crippen LogP) is 1.96. The molecule has 0 bridgehead atoms.